The van der Waals surface area contributed by atoms with E-state index in [1.54, 1.807) is 30.5 Å². The molecule has 3 rings (SSSR count). The molecule has 1 N–H and O–H groups in total. The van der Waals surface area contributed by atoms with Crippen LogP contribution in [0.4, 0.5) is 5.69 Å². The third-order valence-electron chi connectivity index (χ3n) is 4.11. The summed E-state index contributed by atoms with van der Waals surface area (Å²) in [6.45, 7) is 3.87. The number of para-hydroxylation sites is 1. The molecule has 0 fully saturated rings. The van der Waals surface area contributed by atoms with Crippen molar-refractivity contribution < 1.29 is 13.2 Å². The molecule has 0 saturated heterocycles. The standard InChI is InChI=1S/C20H21N3O3S2/c1-14-6-4-5-7-18(14)23-13-12-21-20(23)27-15(2)19(24)16-8-10-17(11-9-16)22-28(3,25)26/h4-13,15,22H,1-3H3/t15-/m0/s1. The minimum Gasteiger partial charge on any atom is -0.295 e. The van der Waals surface area contributed by atoms with Crippen LogP contribution in [0.1, 0.15) is 22.8 Å². The van der Waals surface area contributed by atoms with Crippen LogP contribution in [-0.2, 0) is 10.0 Å². The van der Waals surface area contributed by atoms with Gasteiger partial charge in [-0.3, -0.25) is 14.1 Å². The first-order valence-electron chi connectivity index (χ1n) is 8.62. The lowest BCUT2D eigenvalue weighted by Crippen LogP contribution is -2.15. The Labute approximate surface area is 169 Å². The highest BCUT2D eigenvalue weighted by Crippen LogP contribution is 2.28. The van der Waals surface area contributed by atoms with Gasteiger partial charge in [0, 0.05) is 23.6 Å². The number of imidazole rings is 1. The smallest absolute Gasteiger partial charge is 0.229 e. The van der Waals surface area contributed by atoms with Crippen LogP contribution < -0.4 is 4.72 Å². The number of carbonyl (C=O) groups is 1. The monoisotopic (exact) mass is 415 g/mol. The molecular weight excluding hydrogens is 394 g/mol. The van der Waals surface area contributed by atoms with Crippen LogP contribution in [0.5, 0.6) is 0 Å². The van der Waals surface area contributed by atoms with Gasteiger partial charge in [-0.1, -0.05) is 30.0 Å². The number of benzene rings is 2. The minimum absolute atomic E-state index is 0.0461. The van der Waals surface area contributed by atoms with Crippen molar-refractivity contribution in [3.05, 3.63) is 72.1 Å². The van der Waals surface area contributed by atoms with E-state index >= 15 is 0 Å². The molecule has 0 amide bonds. The van der Waals surface area contributed by atoms with Crippen LogP contribution in [0.2, 0.25) is 0 Å². The molecule has 8 heteroatoms. The summed E-state index contributed by atoms with van der Waals surface area (Å²) in [5.74, 6) is -0.0461. The molecule has 0 spiro atoms. The van der Waals surface area contributed by atoms with Gasteiger partial charge in [-0.25, -0.2) is 13.4 Å². The summed E-state index contributed by atoms with van der Waals surface area (Å²) >= 11 is 1.39. The summed E-state index contributed by atoms with van der Waals surface area (Å²) in [7, 11) is -3.35. The van der Waals surface area contributed by atoms with Gasteiger partial charge in [-0.05, 0) is 49.7 Å². The molecule has 0 aliphatic heterocycles. The molecule has 0 unspecified atom stereocenters. The number of anilines is 1. The average molecular weight is 416 g/mol. The third kappa shape index (κ3) is 4.82. The molecule has 0 bridgehead atoms. The first-order valence-corrected chi connectivity index (χ1v) is 11.4. The molecule has 2 aromatic carbocycles. The zero-order valence-electron chi connectivity index (χ0n) is 15.8. The van der Waals surface area contributed by atoms with E-state index in [1.165, 1.54) is 11.8 Å². The molecular formula is C20H21N3O3S2. The number of nitrogens with zero attached hydrogens (tertiary/aromatic N) is 2. The lowest BCUT2D eigenvalue weighted by atomic mass is 10.1. The van der Waals surface area contributed by atoms with Crippen molar-refractivity contribution >= 4 is 33.3 Å². The number of aromatic nitrogens is 2. The highest BCUT2D eigenvalue weighted by molar-refractivity contribution is 8.00. The molecule has 0 radical (unpaired) electrons. The van der Waals surface area contributed by atoms with Crippen molar-refractivity contribution in [1.82, 2.24) is 9.55 Å². The Bertz CT molecular complexity index is 1090. The lowest BCUT2D eigenvalue weighted by molar-refractivity contribution is 0.0994. The van der Waals surface area contributed by atoms with Gasteiger partial charge in [0.2, 0.25) is 10.0 Å². The quantitative estimate of drug-likeness (QED) is 0.467. The van der Waals surface area contributed by atoms with E-state index in [9.17, 15) is 13.2 Å². The largest absolute Gasteiger partial charge is 0.295 e. The highest BCUT2D eigenvalue weighted by Gasteiger charge is 2.20. The number of hydrogen-bond donors (Lipinski definition) is 1. The predicted octanol–water partition coefficient (Wildman–Crippen LogP) is 3.92. The Balaban J connectivity index is 1.75. The number of hydrogen-bond acceptors (Lipinski definition) is 5. The molecule has 6 nitrogen and oxygen atoms in total. The maximum absolute atomic E-state index is 12.8. The van der Waals surface area contributed by atoms with E-state index in [0.29, 0.717) is 11.3 Å². The first-order chi connectivity index (χ1) is 13.2. The van der Waals surface area contributed by atoms with Gasteiger partial charge in [0.05, 0.1) is 17.2 Å². The summed E-state index contributed by atoms with van der Waals surface area (Å²) in [6.07, 6.45) is 4.69. The van der Waals surface area contributed by atoms with E-state index in [1.807, 2.05) is 48.9 Å². The van der Waals surface area contributed by atoms with Crippen molar-refractivity contribution in [3.8, 4) is 5.69 Å². The zero-order chi connectivity index (χ0) is 20.3. The predicted molar refractivity (Wildman–Crippen MR) is 113 cm³/mol. The van der Waals surface area contributed by atoms with Crippen LogP contribution in [0.25, 0.3) is 5.69 Å². The maximum atomic E-state index is 12.8. The van der Waals surface area contributed by atoms with Crippen LogP contribution >= 0.6 is 11.8 Å². The van der Waals surface area contributed by atoms with Crippen LogP contribution in [-0.4, -0.2) is 35.3 Å². The van der Waals surface area contributed by atoms with Crippen LogP contribution in [0, 0.1) is 6.92 Å². The van der Waals surface area contributed by atoms with E-state index in [-0.39, 0.29) is 11.0 Å². The maximum Gasteiger partial charge on any atom is 0.229 e. The topological polar surface area (TPSA) is 81.1 Å². The second-order valence-electron chi connectivity index (χ2n) is 6.44. The number of aryl methyl sites for hydroxylation is 1. The zero-order valence-corrected chi connectivity index (χ0v) is 17.4. The number of ketones is 1. The second-order valence-corrected chi connectivity index (χ2v) is 9.50. The molecule has 1 heterocycles. The van der Waals surface area contributed by atoms with Gasteiger partial charge in [0.25, 0.3) is 0 Å². The third-order valence-corrected chi connectivity index (χ3v) is 5.79. The average Bonchev–Trinajstić information content (AvgIpc) is 3.08. The van der Waals surface area contributed by atoms with Crippen molar-refractivity contribution in [1.29, 1.82) is 0 Å². The highest BCUT2D eigenvalue weighted by atomic mass is 32.2. The Hall–Kier alpha value is -2.58. The Morgan fingerprint density at radius 2 is 1.82 bits per heavy atom. The number of thioether (sulfide) groups is 1. The lowest BCUT2D eigenvalue weighted by Gasteiger charge is -2.14. The summed E-state index contributed by atoms with van der Waals surface area (Å²) in [5, 5.41) is 0.393. The number of sulfonamides is 1. The van der Waals surface area contributed by atoms with Gasteiger partial charge >= 0.3 is 0 Å². The fraction of sp³-hybridized carbons (Fsp3) is 0.200. The van der Waals surface area contributed by atoms with Gasteiger partial charge < -0.3 is 0 Å². The van der Waals surface area contributed by atoms with Gasteiger partial charge in [0.1, 0.15) is 0 Å². The van der Waals surface area contributed by atoms with Crippen molar-refractivity contribution in [3.63, 3.8) is 0 Å². The van der Waals surface area contributed by atoms with Crippen LogP contribution in [0.3, 0.4) is 0 Å². The molecule has 0 aliphatic rings. The van der Waals surface area contributed by atoms with E-state index in [0.717, 1.165) is 22.7 Å². The fourth-order valence-corrected chi connectivity index (χ4v) is 4.28. The van der Waals surface area contributed by atoms with Gasteiger partial charge in [-0.15, -0.1) is 0 Å². The summed E-state index contributed by atoms with van der Waals surface area (Å²) in [5.41, 5.74) is 3.09. The molecule has 1 atom stereocenters. The number of nitrogens with one attached hydrogen (secondary N) is 1. The second kappa shape index (κ2) is 8.20. The normalized spacial score (nSPS) is 12.5. The van der Waals surface area contributed by atoms with E-state index in [2.05, 4.69) is 9.71 Å². The van der Waals surface area contributed by atoms with E-state index < -0.39 is 10.0 Å². The summed E-state index contributed by atoms with van der Waals surface area (Å²) < 4.78 is 26.9. The Kier molecular flexibility index (Phi) is 5.90. The van der Waals surface area contributed by atoms with Gasteiger partial charge in [-0.2, -0.15) is 0 Å². The van der Waals surface area contributed by atoms with Crippen molar-refractivity contribution in [2.24, 2.45) is 0 Å². The number of Topliss-reactive ketones (excluding diaryl/α,β-unsaturated/α-hetero) is 1. The van der Waals surface area contributed by atoms with Gasteiger partial charge in [0.15, 0.2) is 10.9 Å². The van der Waals surface area contributed by atoms with Crippen molar-refractivity contribution in [2.75, 3.05) is 11.0 Å². The Morgan fingerprint density at radius 1 is 1.14 bits per heavy atom. The molecule has 1 aromatic heterocycles. The fourth-order valence-electron chi connectivity index (χ4n) is 2.76. The molecule has 0 aliphatic carbocycles. The molecule has 3 aromatic rings. The van der Waals surface area contributed by atoms with Crippen molar-refractivity contribution in [2.45, 2.75) is 24.3 Å². The van der Waals surface area contributed by atoms with Crippen LogP contribution in [0.15, 0.2) is 66.1 Å². The minimum atomic E-state index is -3.35. The number of rotatable bonds is 7. The first kappa shape index (κ1) is 20.2. The summed E-state index contributed by atoms with van der Waals surface area (Å²) in [6, 6.07) is 14.4. The molecule has 0 saturated carbocycles. The molecule has 146 valence electrons. The number of carbonyl (C=O) groups excluding carboxylic acids is 1. The SMILES string of the molecule is Cc1ccccc1-n1ccnc1S[C@@H](C)C(=O)c1ccc(NS(C)(=O)=O)cc1. The molecule has 28 heavy (non-hydrogen) atoms. The van der Waals surface area contributed by atoms with E-state index in [4.69, 9.17) is 0 Å². The summed E-state index contributed by atoms with van der Waals surface area (Å²) in [4.78, 5) is 17.2. The Morgan fingerprint density at radius 3 is 2.46 bits per heavy atom.